The van der Waals surface area contributed by atoms with Crippen LogP contribution in [0.5, 0.6) is 0 Å². The first kappa shape index (κ1) is 14.1. The maximum atomic E-state index is 12.0. The summed E-state index contributed by atoms with van der Waals surface area (Å²) in [4.78, 5) is 12.0. The van der Waals surface area contributed by atoms with Gasteiger partial charge in [0, 0.05) is 16.1 Å². The third-order valence-corrected chi connectivity index (χ3v) is 3.77. The minimum atomic E-state index is -0.291. The lowest BCUT2D eigenvalue weighted by Crippen LogP contribution is -2.11. The summed E-state index contributed by atoms with van der Waals surface area (Å²) in [5.74, 6) is 0.283. The summed E-state index contributed by atoms with van der Waals surface area (Å²) >= 11 is 9.22. The molecule has 1 aromatic heterocycles. The van der Waals surface area contributed by atoms with Crippen molar-refractivity contribution in [3.8, 4) is 0 Å². The highest BCUT2D eigenvalue weighted by Crippen LogP contribution is 2.24. The molecule has 0 bridgehead atoms. The summed E-state index contributed by atoms with van der Waals surface area (Å²) in [7, 11) is 0. The number of nitrogens with one attached hydrogen (secondary N) is 1. The summed E-state index contributed by atoms with van der Waals surface area (Å²) < 4.78 is 5.79. The van der Waals surface area contributed by atoms with Gasteiger partial charge in [-0.05, 0) is 40.0 Å². The molecule has 4 nitrogen and oxygen atoms in total. The number of amides is 1. The van der Waals surface area contributed by atoms with Crippen molar-refractivity contribution < 1.29 is 9.32 Å². The number of anilines is 1. The van der Waals surface area contributed by atoms with Crippen LogP contribution in [0.4, 0.5) is 5.88 Å². The number of halogens is 2. The fourth-order valence-electron chi connectivity index (χ4n) is 1.44. The van der Waals surface area contributed by atoms with Gasteiger partial charge in [-0.3, -0.25) is 10.1 Å². The second-order valence-electron chi connectivity index (χ2n) is 4.35. The van der Waals surface area contributed by atoms with Crippen LogP contribution in [0.25, 0.3) is 0 Å². The predicted octanol–water partition coefficient (Wildman–Crippen LogP) is 4.47. The van der Waals surface area contributed by atoms with Crippen LogP contribution >= 0.6 is 27.5 Å². The lowest BCUT2D eigenvalue weighted by atomic mass is 10.1. The number of rotatable bonds is 3. The van der Waals surface area contributed by atoms with Crippen molar-refractivity contribution in [2.75, 3.05) is 5.32 Å². The van der Waals surface area contributed by atoms with Crippen molar-refractivity contribution in [3.05, 3.63) is 45.0 Å². The summed E-state index contributed by atoms with van der Waals surface area (Å²) in [6.45, 7) is 4.00. The number of benzene rings is 1. The maximum Gasteiger partial charge on any atom is 0.258 e. The standard InChI is InChI=1S/C13H12BrClN2O2/c1-7(2)11-6-12(19-17-11)16-13(18)8-3-4-9(14)10(15)5-8/h3-7H,1-2H3,(H,16,18). The Hall–Kier alpha value is -1.33. The van der Waals surface area contributed by atoms with Crippen molar-refractivity contribution in [1.82, 2.24) is 5.16 Å². The van der Waals surface area contributed by atoms with Crippen molar-refractivity contribution in [3.63, 3.8) is 0 Å². The van der Waals surface area contributed by atoms with Crippen LogP contribution in [0.2, 0.25) is 5.02 Å². The fraction of sp³-hybridized carbons (Fsp3) is 0.231. The van der Waals surface area contributed by atoms with Gasteiger partial charge >= 0.3 is 0 Å². The van der Waals surface area contributed by atoms with E-state index in [1.54, 1.807) is 24.3 Å². The highest BCUT2D eigenvalue weighted by Gasteiger charge is 2.12. The Balaban J connectivity index is 2.13. The molecule has 1 aromatic carbocycles. The van der Waals surface area contributed by atoms with E-state index < -0.39 is 0 Å². The van der Waals surface area contributed by atoms with Crippen molar-refractivity contribution in [2.45, 2.75) is 19.8 Å². The van der Waals surface area contributed by atoms with Gasteiger partial charge in [0.1, 0.15) is 0 Å². The predicted molar refractivity (Wildman–Crippen MR) is 77.7 cm³/mol. The Morgan fingerprint density at radius 2 is 2.16 bits per heavy atom. The molecule has 0 aliphatic rings. The molecule has 2 aromatic rings. The second kappa shape index (κ2) is 5.75. The summed E-state index contributed by atoms with van der Waals surface area (Å²) in [5, 5.41) is 6.99. The van der Waals surface area contributed by atoms with Crippen molar-refractivity contribution in [2.24, 2.45) is 0 Å². The van der Waals surface area contributed by atoms with Crippen LogP contribution in [-0.4, -0.2) is 11.1 Å². The average molecular weight is 344 g/mol. The molecule has 19 heavy (non-hydrogen) atoms. The van der Waals surface area contributed by atoms with E-state index in [1.165, 1.54) is 0 Å². The minimum Gasteiger partial charge on any atom is -0.338 e. The van der Waals surface area contributed by atoms with Crippen LogP contribution in [0, 0.1) is 0 Å². The Morgan fingerprint density at radius 3 is 2.74 bits per heavy atom. The molecule has 0 unspecified atom stereocenters. The average Bonchev–Trinajstić information content (AvgIpc) is 2.81. The molecule has 0 aliphatic heterocycles. The van der Waals surface area contributed by atoms with E-state index in [-0.39, 0.29) is 11.8 Å². The topological polar surface area (TPSA) is 55.1 Å². The molecule has 1 N–H and O–H groups in total. The van der Waals surface area contributed by atoms with E-state index >= 15 is 0 Å². The Kier molecular flexibility index (Phi) is 4.27. The van der Waals surface area contributed by atoms with Crippen LogP contribution in [-0.2, 0) is 0 Å². The van der Waals surface area contributed by atoms with E-state index in [0.29, 0.717) is 16.5 Å². The Bertz CT molecular complexity index is 610. The first-order chi connectivity index (χ1) is 8.97. The van der Waals surface area contributed by atoms with Gasteiger partial charge in [-0.1, -0.05) is 30.6 Å². The van der Waals surface area contributed by atoms with E-state index in [2.05, 4.69) is 26.4 Å². The maximum absolute atomic E-state index is 12.0. The highest BCUT2D eigenvalue weighted by molar-refractivity contribution is 9.10. The number of carbonyl (C=O) groups excluding carboxylic acids is 1. The Labute approximate surface area is 124 Å². The first-order valence-corrected chi connectivity index (χ1v) is 6.87. The zero-order valence-electron chi connectivity index (χ0n) is 10.4. The summed E-state index contributed by atoms with van der Waals surface area (Å²) in [6, 6.07) is 6.69. The molecule has 0 aliphatic carbocycles. The van der Waals surface area contributed by atoms with E-state index in [0.717, 1.165) is 10.2 Å². The Morgan fingerprint density at radius 1 is 1.42 bits per heavy atom. The first-order valence-electron chi connectivity index (χ1n) is 5.70. The van der Waals surface area contributed by atoms with Gasteiger partial charge in [0.25, 0.3) is 5.91 Å². The molecule has 0 spiro atoms. The monoisotopic (exact) mass is 342 g/mol. The molecule has 0 saturated carbocycles. The largest absolute Gasteiger partial charge is 0.338 e. The lowest BCUT2D eigenvalue weighted by Gasteiger charge is -2.02. The fourth-order valence-corrected chi connectivity index (χ4v) is 1.87. The lowest BCUT2D eigenvalue weighted by molar-refractivity contribution is 0.102. The molecule has 0 radical (unpaired) electrons. The minimum absolute atomic E-state index is 0.247. The number of nitrogens with zero attached hydrogens (tertiary/aromatic N) is 1. The van der Waals surface area contributed by atoms with Gasteiger partial charge in [-0.25, -0.2) is 0 Å². The summed E-state index contributed by atoms with van der Waals surface area (Å²) in [6.07, 6.45) is 0. The normalized spacial score (nSPS) is 10.8. The molecule has 100 valence electrons. The number of aromatic nitrogens is 1. The highest BCUT2D eigenvalue weighted by atomic mass is 79.9. The van der Waals surface area contributed by atoms with Gasteiger partial charge in [-0.15, -0.1) is 0 Å². The zero-order chi connectivity index (χ0) is 14.0. The van der Waals surface area contributed by atoms with Crippen LogP contribution in [0.3, 0.4) is 0 Å². The molecule has 0 fully saturated rings. The molecule has 2 rings (SSSR count). The van der Waals surface area contributed by atoms with E-state index in [9.17, 15) is 4.79 Å². The van der Waals surface area contributed by atoms with Gasteiger partial charge in [0.05, 0.1) is 10.7 Å². The van der Waals surface area contributed by atoms with E-state index in [1.807, 2.05) is 13.8 Å². The number of hydrogen-bond acceptors (Lipinski definition) is 3. The summed E-state index contributed by atoms with van der Waals surface area (Å²) in [5.41, 5.74) is 1.25. The molecule has 1 heterocycles. The van der Waals surface area contributed by atoms with Crippen molar-refractivity contribution >= 4 is 39.3 Å². The number of carbonyl (C=O) groups is 1. The van der Waals surface area contributed by atoms with Gasteiger partial charge in [0.2, 0.25) is 5.88 Å². The molecule has 0 saturated heterocycles. The molecule has 1 amide bonds. The SMILES string of the molecule is CC(C)c1cc(NC(=O)c2ccc(Br)c(Cl)c2)on1. The third kappa shape index (κ3) is 3.36. The molecular formula is C13H12BrClN2O2. The smallest absolute Gasteiger partial charge is 0.258 e. The van der Waals surface area contributed by atoms with E-state index in [4.69, 9.17) is 16.1 Å². The van der Waals surface area contributed by atoms with Crippen LogP contribution in [0.15, 0.2) is 33.3 Å². The van der Waals surface area contributed by atoms with Gasteiger partial charge in [-0.2, -0.15) is 0 Å². The van der Waals surface area contributed by atoms with Crippen LogP contribution in [0.1, 0.15) is 35.8 Å². The quantitative estimate of drug-likeness (QED) is 0.894. The molecule has 6 heteroatoms. The molecular weight excluding hydrogens is 332 g/mol. The van der Waals surface area contributed by atoms with Crippen LogP contribution < -0.4 is 5.32 Å². The number of hydrogen-bond donors (Lipinski definition) is 1. The zero-order valence-corrected chi connectivity index (χ0v) is 12.7. The third-order valence-electron chi connectivity index (χ3n) is 2.54. The second-order valence-corrected chi connectivity index (χ2v) is 5.62. The molecule has 0 atom stereocenters. The van der Waals surface area contributed by atoms with Gasteiger partial charge in [0.15, 0.2) is 0 Å². The van der Waals surface area contributed by atoms with Crippen molar-refractivity contribution in [1.29, 1.82) is 0 Å². The van der Waals surface area contributed by atoms with Gasteiger partial charge < -0.3 is 4.52 Å².